The summed E-state index contributed by atoms with van der Waals surface area (Å²) in [6, 6.07) is 10.7. The number of nitrogens with zero attached hydrogens (tertiary/aromatic N) is 3. The van der Waals surface area contributed by atoms with Crippen LogP contribution in [-0.4, -0.2) is 33.7 Å². The lowest BCUT2D eigenvalue weighted by Crippen LogP contribution is -2.35. The number of aromatic nitrogens is 1. The fraction of sp³-hybridized carbons (Fsp3) is 0.182. The lowest BCUT2D eigenvalue weighted by Gasteiger charge is -2.10. The molecule has 6 nitrogen and oxygen atoms in total. The first-order chi connectivity index (χ1) is 13.9. The van der Waals surface area contributed by atoms with Gasteiger partial charge in [0.1, 0.15) is 6.54 Å². The highest BCUT2D eigenvalue weighted by molar-refractivity contribution is 7.16. The summed E-state index contributed by atoms with van der Waals surface area (Å²) in [5.41, 5.74) is 3.85. The van der Waals surface area contributed by atoms with Crippen LogP contribution in [0.4, 0.5) is 0 Å². The van der Waals surface area contributed by atoms with Gasteiger partial charge in [-0.2, -0.15) is 4.99 Å². The van der Waals surface area contributed by atoms with Crippen LogP contribution in [0.5, 0.6) is 0 Å². The maximum Gasteiger partial charge on any atom is 0.268 e. The van der Waals surface area contributed by atoms with E-state index in [1.807, 2.05) is 18.4 Å². The van der Waals surface area contributed by atoms with E-state index in [4.69, 9.17) is 0 Å². The van der Waals surface area contributed by atoms with Crippen LogP contribution < -0.4 is 4.80 Å². The van der Waals surface area contributed by atoms with Crippen LogP contribution in [0.15, 0.2) is 54.0 Å². The van der Waals surface area contributed by atoms with E-state index in [1.54, 1.807) is 30.3 Å². The molecule has 2 heterocycles. The summed E-state index contributed by atoms with van der Waals surface area (Å²) >= 11 is 1.41. The number of amides is 3. The van der Waals surface area contributed by atoms with Gasteiger partial charge in [-0.25, -0.2) is 0 Å². The Morgan fingerprint density at radius 2 is 1.79 bits per heavy atom. The van der Waals surface area contributed by atoms with Gasteiger partial charge in [-0.1, -0.05) is 35.6 Å². The van der Waals surface area contributed by atoms with Crippen molar-refractivity contribution in [3.63, 3.8) is 0 Å². The second-order valence-electron chi connectivity index (χ2n) is 6.96. The summed E-state index contributed by atoms with van der Waals surface area (Å²) in [6.07, 6.45) is 1.75. The molecule has 146 valence electrons. The van der Waals surface area contributed by atoms with Crippen molar-refractivity contribution in [2.45, 2.75) is 20.4 Å². The Balaban J connectivity index is 1.71. The van der Waals surface area contributed by atoms with Gasteiger partial charge < -0.3 is 4.57 Å². The number of allylic oxidation sites excluding steroid dienone is 1. The Kier molecular flexibility index (Phi) is 4.76. The van der Waals surface area contributed by atoms with Crippen molar-refractivity contribution in [2.75, 3.05) is 6.54 Å². The molecule has 4 rings (SSSR count). The van der Waals surface area contributed by atoms with Gasteiger partial charge >= 0.3 is 0 Å². The molecule has 0 spiro atoms. The topological polar surface area (TPSA) is 71.7 Å². The van der Waals surface area contributed by atoms with E-state index in [-0.39, 0.29) is 6.54 Å². The van der Waals surface area contributed by atoms with Crippen molar-refractivity contribution in [3.8, 4) is 0 Å². The first-order valence-electron chi connectivity index (χ1n) is 9.15. The van der Waals surface area contributed by atoms with Crippen LogP contribution in [0.25, 0.3) is 10.2 Å². The number of aryl methyl sites for hydroxylation is 2. The number of imide groups is 1. The van der Waals surface area contributed by atoms with Gasteiger partial charge in [0.05, 0.1) is 21.3 Å². The molecule has 1 aliphatic rings. The molecule has 0 aliphatic carbocycles. The van der Waals surface area contributed by atoms with Crippen LogP contribution in [0.3, 0.4) is 0 Å². The number of hydrogen-bond donors (Lipinski definition) is 0. The highest BCUT2D eigenvalue weighted by Gasteiger charge is 2.36. The lowest BCUT2D eigenvalue weighted by atomic mass is 10.1. The van der Waals surface area contributed by atoms with Gasteiger partial charge in [-0.15, -0.1) is 6.58 Å². The quantitative estimate of drug-likeness (QED) is 0.494. The highest BCUT2D eigenvalue weighted by atomic mass is 32.1. The van der Waals surface area contributed by atoms with Crippen LogP contribution in [-0.2, 0) is 11.3 Å². The number of fused-ring (bicyclic) bond motifs is 2. The summed E-state index contributed by atoms with van der Waals surface area (Å²) in [6.45, 7) is 7.96. The van der Waals surface area contributed by atoms with Crippen molar-refractivity contribution < 1.29 is 14.4 Å². The second kappa shape index (κ2) is 7.25. The molecule has 29 heavy (non-hydrogen) atoms. The Morgan fingerprint density at radius 1 is 1.14 bits per heavy atom. The van der Waals surface area contributed by atoms with Crippen molar-refractivity contribution in [2.24, 2.45) is 4.99 Å². The van der Waals surface area contributed by atoms with E-state index >= 15 is 0 Å². The van der Waals surface area contributed by atoms with Crippen LogP contribution in [0.2, 0.25) is 0 Å². The maximum absolute atomic E-state index is 12.7. The minimum Gasteiger partial charge on any atom is -0.312 e. The van der Waals surface area contributed by atoms with Crippen molar-refractivity contribution >= 4 is 39.3 Å². The SMILES string of the molecule is C=CCn1c(=NC(=O)CN2C(=O)c3ccccc3C2=O)sc2c(C)cc(C)cc21. The highest BCUT2D eigenvalue weighted by Crippen LogP contribution is 2.24. The van der Waals surface area contributed by atoms with Crippen LogP contribution in [0, 0.1) is 13.8 Å². The molecule has 0 radical (unpaired) electrons. The predicted molar refractivity (Wildman–Crippen MR) is 112 cm³/mol. The molecule has 3 aromatic rings. The summed E-state index contributed by atoms with van der Waals surface area (Å²) in [5, 5.41) is 0. The Bertz CT molecular complexity index is 1230. The monoisotopic (exact) mass is 405 g/mol. The van der Waals surface area contributed by atoms with Gasteiger partial charge in [0.2, 0.25) is 0 Å². The average molecular weight is 405 g/mol. The number of benzene rings is 2. The van der Waals surface area contributed by atoms with Crippen molar-refractivity contribution in [1.82, 2.24) is 9.47 Å². The molecule has 0 saturated heterocycles. The Morgan fingerprint density at radius 3 is 2.41 bits per heavy atom. The third kappa shape index (κ3) is 3.23. The Labute approximate surface area is 171 Å². The molecule has 3 amide bonds. The zero-order chi connectivity index (χ0) is 20.7. The van der Waals surface area contributed by atoms with Gasteiger partial charge in [-0.3, -0.25) is 19.3 Å². The van der Waals surface area contributed by atoms with Gasteiger partial charge in [-0.05, 0) is 43.2 Å². The minimum absolute atomic E-state index is 0.319. The molecule has 1 aliphatic heterocycles. The lowest BCUT2D eigenvalue weighted by molar-refractivity contribution is -0.118. The number of rotatable bonds is 4. The van der Waals surface area contributed by atoms with Crippen LogP contribution in [0.1, 0.15) is 31.8 Å². The molecule has 0 bridgehead atoms. The number of carbonyl (C=O) groups excluding carboxylic acids is 3. The normalized spacial score (nSPS) is 14.0. The molecular weight excluding hydrogens is 386 g/mol. The molecule has 0 atom stereocenters. The van der Waals surface area contributed by atoms with Crippen molar-refractivity contribution in [3.05, 3.63) is 76.1 Å². The van der Waals surface area contributed by atoms with E-state index in [0.717, 1.165) is 26.2 Å². The van der Waals surface area contributed by atoms with Crippen molar-refractivity contribution in [1.29, 1.82) is 0 Å². The first kappa shape index (κ1) is 19.0. The molecule has 1 aromatic heterocycles. The third-order valence-electron chi connectivity index (χ3n) is 4.82. The molecule has 2 aromatic carbocycles. The van der Waals surface area contributed by atoms with E-state index < -0.39 is 17.7 Å². The standard InChI is InChI=1S/C22H19N3O3S/c1-4-9-24-17-11-13(2)10-14(3)19(17)29-22(24)23-18(26)12-25-20(27)15-7-5-6-8-16(15)21(25)28/h4-8,10-11H,1,9,12H2,2-3H3. The first-order valence-corrected chi connectivity index (χ1v) is 9.96. The predicted octanol–water partition coefficient (Wildman–Crippen LogP) is 3.23. The third-order valence-corrected chi connectivity index (χ3v) is 6.05. The summed E-state index contributed by atoms with van der Waals surface area (Å²) < 4.78 is 2.97. The number of carbonyl (C=O) groups is 3. The number of hydrogen-bond acceptors (Lipinski definition) is 4. The summed E-state index contributed by atoms with van der Waals surface area (Å²) in [5.74, 6) is -1.47. The van der Waals surface area contributed by atoms with E-state index in [9.17, 15) is 14.4 Å². The molecule has 0 fully saturated rings. The smallest absolute Gasteiger partial charge is 0.268 e. The largest absolute Gasteiger partial charge is 0.312 e. The maximum atomic E-state index is 12.7. The number of thiazole rings is 1. The minimum atomic E-state index is -0.543. The van der Waals surface area contributed by atoms with Gasteiger partial charge in [0.15, 0.2) is 4.80 Å². The molecule has 0 N–H and O–H groups in total. The molecule has 0 saturated carbocycles. The molecule has 7 heteroatoms. The van der Waals surface area contributed by atoms with Crippen LogP contribution >= 0.6 is 11.3 Å². The fourth-order valence-corrected chi connectivity index (χ4v) is 4.67. The second-order valence-corrected chi connectivity index (χ2v) is 7.94. The van der Waals surface area contributed by atoms with E-state index in [2.05, 4.69) is 23.7 Å². The Hall–Kier alpha value is -3.32. The average Bonchev–Trinajstić information content (AvgIpc) is 3.14. The van der Waals surface area contributed by atoms with E-state index in [1.165, 1.54) is 11.3 Å². The van der Waals surface area contributed by atoms with E-state index in [0.29, 0.717) is 22.5 Å². The summed E-state index contributed by atoms with van der Waals surface area (Å²) in [7, 11) is 0. The zero-order valence-electron chi connectivity index (χ0n) is 16.1. The summed E-state index contributed by atoms with van der Waals surface area (Å²) in [4.78, 5) is 43.3. The van der Waals surface area contributed by atoms with Gasteiger partial charge in [0, 0.05) is 6.54 Å². The van der Waals surface area contributed by atoms with Gasteiger partial charge in [0.25, 0.3) is 17.7 Å². The molecular formula is C22H19N3O3S. The molecule has 0 unspecified atom stereocenters. The fourth-order valence-electron chi connectivity index (χ4n) is 3.56. The zero-order valence-corrected chi connectivity index (χ0v) is 17.0.